The molecule has 154 valence electrons. The van der Waals surface area contributed by atoms with E-state index in [-0.39, 0.29) is 0 Å². The Balaban J connectivity index is 2.14. The Morgan fingerprint density at radius 3 is 1.32 bits per heavy atom. The summed E-state index contributed by atoms with van der Waals surface area (Å²) in [6.45, 7) is 10.5. The van der Waals surface area contributed by atoms with Crippen molar-refractivity contribution in [1.82, 2.24) is 9.97 Å². The molecule has 0 saturated carbocycles. The molecule has 0 atom stereocenters. The van der Waals surface area contributed by atoms with Crippen molar-refractivity contribution in [2.75, 3.05) is 26.4 Å². The summed E-state index contributed by atoms with van der Waals surface area (Å²) in [6.07, 6.45) is 5.12. The molecule has 0 spiro atoms. The lowest BCUT2D eigenvalue weighted by Gasteiger charge is -2.16. The first kappa shape index (κ1) is 23.3. The van der Waals surface area contributed by atoms with E-state index in [0.29, 0.717) is 26.4 Å². The molecule has 2 aromatic rings. The topological polar surface area (TPSA) is 62.7 Å². The zero-order chi connectivity index (χ0) is 20.2. The molecule has 0 aromatic carbocycles. The molecule has 2 rings (SSSR count). The van der Waals surface area contributed by atoms with Crippen molar-refractivity contribution in [2.24, 2.45) is 0 Å². The predicted octanol–water partition coefficient (Wildman–Crippen LogP) is 5.91. The first-order valence-corrected chi connectivity index (χ1v) is 12.4. The zero-order valence-corrected chi connectivity index (χ0v) is 18.9. The Hall–Kier alpha value is -1.00. The third kappa shape index (κ3) is 7.79. The van der Waals surface area contributed by atoms with Gasteiger partial charge in [0.05, 0.1) is 37.8 Å². The molecule has 2 heterocycles. The van der Waals surface area contributed by atoms with E-state index in [2.05, 4.69) is 22.1 Å². The second-order valence-corrected chi connectivity index (χ2v) is 8.75. The average Bonchev–Trinajstić information content (AvgIpc) is 2.69. The Bertz CT molecular complexity index is 634. The molecular formula is C20H30N2O4P2. The van der Waals surface area contributed by atoms with E-state index in [9.17, 15) is 0 Å². The molecule has 0 bridgehead atoms. The van der Waals surface area contributed by atoms with Gasteiger partial charge in [-0.2, -0.15) is 0 Å². The number of pyridine rings is 2. The normalized spacial score (nSPS) is 11.5. The highest BCUT2D eigenvalue weighted by Gasteiger charge is 2.14. The molecule has 0 unspecified atom stereocenters. The molecule has 0 fully saturated rings. The first-order valence-electron chi connectivity index (χ1n) is 9.67. The van der Waals surface area contributed by atoms with Crippen molar-refractivity contribution in [1.29, 1.82) is 0 Å². The summed E-state index contributed by atoms with van der Waals surface area (Å²) in [5.74, 6) is 0. The lowest BCUT2D eigenvalue weighted by atomic mass is 10.1. The van der Waals surface area contributed by atoms with Gasteiger partial charge < -0.3 is 18.1 Å². The van der Waals surface area contributed by atoms with E-state index in [0.717, 1.165) is 34.8 Å². The van der Waals surface area contributed by atoms with E-state index in [1.54, 1.807) is 0 Å². The van der Waals surface area contributed by atoms with Crippen molar-refractivity contribution < 1.29 is 18.1 Å². The van der Waals surface area contributed by atoms with Crippen molar-refractivity contribution >= 4 is 16.8 Å². The molecule has 6 nitrogen and oxygen atoms in total. The van der Waals surface area contributed by atoms with Crippen LogP contribution in [0.4, 0.5) is 0 Å². The van der Waals surface area contributed by atoms with Gasteiger partial charge in [0.15, 0.2) is 16.8 Å². The second kappa shape index (κ2) is 13.3. The highest BCUT2D eigenvalue weighted by Crippen LogP contribution is 2.43. The van der Waals surface area contributed by atoms with Crippen LogP contribution >= 0.6 is 16.8 Å². The molecule has 0 radical (unpaired) electrons. The average molecular weight is 424 g/mol. The minimum Gasteiger partial charge on any atom is -0.334 e. The Labute approximate surface area is 170 Å². The molecule has 8 heteroatoms. The zero-order valence-electron chi connectivity index (χ0n) is 17.1. The van der Waals surface area contributed by atoms with Crippen molar-refractivity contribution in [3.05, 3.63) is 47.8 Å². The minimum atomic E-state index is -0.924. The highest BCUT2D eigenvalue weighted by atomic mass is 31.2. The van der Waals surface area contributed by atoms with Gasteiger partial charge in [-0.15, -0.1) is 0 Å². The summed E-state index contributed by atoms with van der Waals surface area (Å²) in [7, 11) is -1.85. The molecule has 0 aliphatic heterocycles. The third-order valence-corrected chi connectivity index (χ3v) is 7.06. The minimum absolute atomic E-state index is 0.649. The van der Waals surface area contributed by atoms with Gasteiger partial charge in [0, 0.05) is 24.7 Å². The van der Waals surface area contributed by atoms with Crippen molar-refractivity contribution in [3.63, 3.8) is 0 Å². The molecule has 0 saturated heterocycles. The highest BCUT2D eigenvalue weighted by molar-refractivity contribution is 7.46. The monoisotopic (exact) mass is 424 g/mol. The van der Waals surface area contributed by atoms with Gasteiger partial charge in [-0.3, -0.25) is 9.97 Å². The molecule has 2 aromatic heterocycles. The van der Waals surface area contributed by atoms with E-state index >= 15 is 0 Å². The van der Waals surface area contributed by atoms with Crippen LogP contribution in [0.3, 0.4) is 0 Å². The third-order valence-electron chi connectivity index (χ3n) is 3.63. The maximum Gasteiger partial charge on any atom is 0.175 e. The number of hydrogen-bond donors (Lipinski definition) is 0. The SMILES string of the molecule is CCOP(Cc1ccnc(-c2cc(CP(OCC)OCC)ccn2)c1)OCC. The smallest absolute Gasteiger partial charge is 0.175 e. The Morgan fingerprint density at radius 1 is 0.643 bits per heavy atom. The number of rotatable bonds is 13. The maximum absolute atomic E-state index is 5.72. The molecule has 28 heavy (non-hydrogen) atoms. The fourth-order valence-electron chi connectivity index (χ4n) is 2.56. The van der Waals surface area contributed by atoms with Gasteiger partial charge in [0.1, 0.15) is 0 Å². The molecule has 0 N–H and O–H groups in total. The van der Waals surface area contributed by atoms with Gasteiger partial charge in [-0.25, -0.2) is 0 Å². The Kier molecular flexibility index (Phi) is 11.0. The number of hydrogen-bond acceptors (Lipinski definition) is 6. The van der Waals surface area contributed by atoms with Crippen LogP contribution in [0, 0.1) is 0 Å². The summed E-state index contributed by atoms with van der Waals surface area (Å²) >= 11 is 0. The van der Waals surface area contributed by atoms with Gasteiger partial charge >= 0.3 is 0 Å². The fraction of sp³-hybridized carbons (Fsp3) is 0.500. The Morgan fingerprint density at radius 2 is 1.00 bits per heavy atom. The lowest BCUT2D eigenvalue weighted by molar-refractivity contribution is 0.268. The summed E-state index contributed by atoms with van der Waals surface area (Å²) < 4.78 is 22.9. The number of aromatic nitrogens is 2. The van der Waals surface area contributed by atoms with E-state index < -0.39 is 16.8 Å². The van der Waals surface area contributed by atoms with Gasteiger partial charge in [0.2, 0.25) is 0 Å². The van der Waals surface area contributed by atoms with Crippen LogP contribution < -0.4 is 0 Å². The van der Waals surface area contributed by atoms with E-state index in [4.69, 9.17) is 18.1 Å². The van der Waals surface area contributed by atoms with Gasteiger partial charge in [-0.1, -0.05) is 0 Å². The van der Waals surface area contributed by atoms with E-state index in [1.807, 2.05) is 52.2 Å². The standard InChI is InChI=1S/C20H30N2O4P2/c1-5-23-27(24-6-2)15-17-9-11-21-19(13-17)20-14-18(10-12-22-20)16-28(25-7-3)26-8-4/h9-14H,5-8,15-16H2,1-4H3. The summed E-state index contributed by atoms with van der Waals surface area (Å²) in [5.41, 5.74) is 3.96. The summed E-state index contributed by atoms with van der Waals surface area (Å²) in [6, 6.07) is 8.13. The van der Waals surface area contributed by atoms with Gasteiger partial charge in [0.25, 0.3) is 0 Å². The molecule has 0 amide bonds. The van der Waals surface area contributed by atoms with Crippen LogP contribution in [0.15, 0.2) is 36.7 Å². The van der Waals surface area contributed by atoms with Gasteiger partial charge in [-0.05, 0) is 63.1 Å². The predicted molar refractivity (Wildman–Crippen MR) is 115 cm³/mol. The van der Waals surface area contributed by atoms with Crippen LogP contribution in [0.1, 0.15) is 38.8 Å². The fourth-order valence-corrected chi connectivity index (χ4v) is 5.21. The van der Waals surface area contributed by atoms with Crippen LogP contribution in [0.25, 0.3) is 11.4 Å². The molecular weight excluding hydrogens is 394 g/mol. The second-order valence-electron chi connectivity index (χ2n) is 5.75. The molecule has 0 aliphatic rings. The largest absolute Gasteiger partial charge is 0.334 e. The van der Waals surface area contributed by atoms with Crippen LogP contribution in [0.2, 0.25) is 0 Å². The van der Waals surface area contributed by atoms with Crippen LogP contribution in [-0.2, 0) is 30.4 Å². The van der Waals surface area contributed by atoms with Crippen LogP contribution in [0.5, 0.6) is 0 Å². The maximum atomic E-state index is 5.72. The molecule has 0 aliphatic carbocycles. The van der Waals surface area contributed by atoms with Crippen molar-refractivity contribution in [3.8, 4) is 11.4 Å². The summed E-state index contributed by atoms with van der Waals surface area (Å²) in [5, 5.41) is 0. The summed E-state index contributed by atoms with van der Waals surface area (Å²) in [4.78, 5) is 9.02. The van der Waals surface area contributed by atoms with Crippen molar-refractivity contribution in [2.45, 2.75) is 40.0 Å². The quantitative estimate of drug-likeness (QED) is 0.372. The van der Waals surface area contributed by atoms with Crippen LogP contribution in [-0.4, -0.2) is 36.4 Å². The lowest BCUT2D eigenvalue weighted by Crippen LogP contribution is -1.97. The number of nitrogens with zero attached hydrogens (tertiary/aromatic N) is 2. The van der Waals surface area contributed by atoms with E-state index in [1.165, 1.54) is 0 Å². The first-order chi connectivity index (χ1) is 13.7.